The van der Waals surface area contributed by atoms with E-state index in [0.717, 1.165) is 16.8 Å². The number of aromatic nitrogens is 1. The van der Waals surface area contributed by atoms with E-state index in [9.17, 15) is 4.79 Å². The molecule has 6 heteroatoms. The number of carbonyl (C=O) groups excluding carboxylic acids is 1. The highest BCUT2D eigenvalue weighted by molar-refractivity contribution is 7.16. The molecule has 0 radical (unpaired) electrons. The third kappa shape index (κ3) is 3.34. The number of hydrogen-bond donors (Lipinski definition) is 0. The van der Waals surface area contributed by atoms with Crippen LogP contribution in [-0.4, -0.2) is 10.5 Å². The van der Waals surface area contributed by atoms with Gasteiger partial charge in [0.15, 0.2) is 4.80 Å². The van der Waals surface area contributed by atoms with Crippen molar-refractivity contribution in [2.75, 3.05) is 0 Å². The minimum absolute atomic E-state index is 0.347. The van der Waals surface area contributed by atoms with Crippen molar-refractivity contribution in [1.29, 1.82) is 0 Å². The molecule has 0 atom stereocenters. The smallest absolute Gasteiger partial charge is 0.279 e. The highest BCUT2D eigenvalue weighted by Crippen LogP contribution is 2.21. The highest BCUT2D eigenvalue weighted by atomic mass is 35.5. The molecule has 0 spiro atoms. The molecule has 0 aliphatic rings. The van der Waals surface area contributed by atoms with Gasteiger partial charge >= 0.3 is 0 Å². The average Bonchev–Trinajstić information content (AvgIpc) is 2.82. The molecular formula is C17H14Cl2N2OS. The fraction of sp³-hybridized carbons (Fsp3) is 0.176. The maximum absolute atomic E-state index is 12.4. The van der Waals surface area contributed by atoms with Crippen LogP contribution in [0.2, 0.25) is 10.0 Å². The summed E-state index contributed by atoms with van der Waals surface area (Å²) in [7, 11) is 0. The predicted molar refractivity (Wildman–Crippen MR) is 96.6 cm³/mol. The number of carbonyl (C=O) groups is 1. The Balaban J connectivity index is 2.14. The van der Waals surface area contributed by atoms with Gasteiger partial charge in [-0.05, 0) is 49.7 Å². The molecule has 0 aliphatic heterocycles. The molecule has 0 fully saturated rings. The van der Waals surface area contributed by atoms with Crippen LogP contribution < -0.4 is 4.80 Å². The molecule has 0 saturated heterocycles. The lowest BCUT2D eigenvalue weighted by Crippen LogP contribution is -2.15. The zero-order chi connectivity index (χ0) is 16.6. The van der Waals surface area contributed by atoms with E-state index in [1.807, 2.05) is 18.4 Å². The molecule has 1 aromatic heterocycles. The fourth-order valence-corrected chi connectivity index (χ4v) is 4.12. The van der Waals surface area contributed by atoms with Gasteiger partial charge < -0.3 is 4.57 Å². The summed E-state index contributed by atoms with van der Waals surface area (Å²) in [5.41, 5.74) is 2.65. The Bertz CT molecular complexity index is 952. The number of aryl methyl sites for hydroxylation is 2. The summed E-state index contributed by atoms with van der Waals surface area (Å²) >= 11 is 13.4. The summed E-state index contributed by atoms with van der Waals surface area (Å²) in [6.45, 7) is 4.82. The van der Waals surface area contributed by atoms with Gasteiger partial charge in [0.05, 0.1) is 10.2 Å². The second kappa shape index (κ2) is 6.48. The third-order valence-corrected chi connectivity index (χ3v) is 4.94. The maximum atomic E-state index is 12.4. The Labute approximate surface area is 147 Å². The van der Waals surface area contributed by atoms with Crippen molar-refractivity contribution in [2.24, 2.45) is 4.99 Å². The number of amides is 1. The number of rotatable bonds is 2. The van der Waals surface area contributed by atoms with Crippen molar-refractivity contribution in [3.05, 3.63) is 62.4 Å². The van der Waals surface area contributed by atoms with Gasteiger partial charge in [-0.2, -0.15) is 4.99 Å². The molecule has 23 heavy (non-hydrogen) atoms. The monoisotopic (exact) mass is 364 g/mol. The molecule has 3 rings (SSSR count). The van der Waals surface area contributed by atoms with Crippen molar-refractivity contribution in [3.63, 3.8) is 0 Å². The Hall–Kier alpha value is -1.62. The van der Waals surface area contributed by atoms with Crippen LogP contribution in [0.3, 0.4) is 0 Å². The molecule has 0 unspecified atom stereocenters. The van der Waals surface area contributed by atoms with Crippen LogP contribution in [0, 0.1) is 6.92 Å². The van der Waals surface area contributed by atoms with Gasteiger partial charge in [-0.15, -0.1) is 0 Å². The van der Waals surface area contributed by atoms with Crippen molar-refractivity contribution in [3.8, 4) is 0 Å². The van der Waals surface area contributed by atoms with E-state index in [0.29, 0.717) is 20.4 Å². The molecule has 3 nitrogen and oxygen atoms in total. The van der Waals surface area contributed by atoms with Gasteiger partial charge in [0.25, 0.3) is 5.91 Å². The van der Waals surface area contributed by atoms with Gasteiger partial charge in [-0.1, -0.05) is 40.6 Å². The van der Waals surface area contributed by atoms with E-state index in [4.69, 9.17) is 23.2 Å². The first kappa shape index (κ1) is 16.2. The van der Waals surface area contributed by atoms with Crippen molar-refractivity contribution < 1.29 is 4.79 Å². The predicted octanol–water partition coefficient (Wildman–Crippen LogP) is 5.08. The molecule has 3 aromatic rings. The van der Waals surface area contributed by atoms with Gasteiger partial charge in [0.1, 0.15) is 0 Å². The molecule has 0 aliphatic carbocycles. The molecule has 2 aromatic carbocycles. The molecule has 118 valence electrons. The molecular weight excluding hydrogens is 351 g/mol. The largest absolute Gasteiger partial charge is 0.317 e. The minimum atomic E-state index is -0.347. The number of halogens is 2. The molecule has 1 heterocycles. The van der Waals surface area contributed by atoms with Crippen molar-refractivity contribution in [1.82, 2.24) is 4.57 Å². The van der Waals surface area contributed by atoms with E-state index in [1.165, 1.54) is 16.9 Å². The first-order chi connectivity index (χ1) is 11.0. The fourth-order valence-electron chi connectivity index (χ4n) is 2.40. The van der Waals surface area contributed by atoms with Gasteiger partial charge in [-0.25, -0.2) is 0 Å². The average molecular weight is 365 g/mol. The Morgan fingerprint density at radius 1 is 1.17 bits per heavy atom. The first-order valence-corrected chi connectivity index (χ1v) is 8.70. The second-order valence-corrected chi connectivity index (χ2v) is 7.06. The minimum Gasteiger partial charge on any atom is -0.317 e. The second-order valence-electron chi connectivity index (χ2n) is 5.18. The van der Waals surface area contributed by atoms with E-state index < -0.39 is 0 Å². The number of hydrogen-bond acceptors (Lipinski definition) is 2. The van der Waals surface area contributed by atoms with Crippen LogP contribution in [0.4, 0.5) is 0 Å². The van der Waals surface area contributed by atoms with Crippen LogP contribution in [0.5, 0.6) is 0 Å². The van der Waals surface area contributed by atoms with Crippen LogP contribution >= 0.6 is 34.5 Å². The zero-order valence-electron chi connectivity index (χ0n) is 12.6. The topological polar surface area (TPSA) is 34.4 Å². The zero-order valence-corrected chi connectivity index (χ0v) is 15.0. The maximum Gasteiger partial charge on any atom is 0.279 e. The molecule has 0 N–H and O–H groups in total. The Morgan fingerprint density at radius 2 is 1.87 bits per heavy atom. The van der Waals surface area contributed by atoms with Crippen molar-refractivity contribution in [2.45, 2.75) is 20.4 Å². The van der Waals surface area contributed by atoms with Crippen LogP contribution in [0.15, 0.2) is 41.4 Å². The first-order valence-electron chi connectivity index (χ1n) is 7.13. The van der Waals surface area contributed by atoms with Gasteiger partial charge in [0, 0.05) is 22.2 Å². The van der Waals surface area contributed by atoms with E-state index >= 15 is 0 Å². The molecule has 1 amide bonds. The summed E-state index contributed by atoms with van der Waals surface area (Å²) in [6, 6.07) is 11.0. The summed E-state index contributed by atoms with van der Waals surface area (Å²) < 4.78 is 3.14. The van der Waals surface area contributed by atoms with Crippen LogP contribution in [-0.2, 0) is 6.54 Å². The normalized spacial score (nSPS) is 12.1. The van der Waals surface area contributed by atoms with Crippen molar-refractivity contribution >= 4 is 50.7 Å². The lowest BCUT2D eigenvalue weighted by molar-refractivity contribution is 0.0998. The van der Waals surface area contributed by atoms with E-state index in [2.05, 4.69) is 23.2 Å². The summed E-state index contributed by atoms with van der Waals surface area (Å²) in [4.78, 5) is 17.4. The lowest BCUT2D eigenvalue weighted by Gasteiger charge is -2.01. The quantitative estimate of drug-likeness (QED) is 0.624. The van der Waals surface area contributed by atoms with Crippen LogP contribution in [0.25, 0.3) is 10.2 Å². The summed E-state index contributed by atoms with van der Waals surface area (Å²) in [5.74, 6) is -0.347. The molecule has 0 saturated carbocycles. The van der Waals surface area contributed by atoms with Gasteiger partial charge in [-0.3, -0.25) is 4.79 Å². The molecule has 0 bridgehead atoms. The van der Waals surface area contributed by atoms with Gasteiger partial charge in [0.2, 0.25) is 0 Å². The SMILES string of the molecule is CCn1c(=NC(=O)c2cc(Cl)cc(Cl)c2)sc2cc(C)ccc21. The standard InChI is InChI=1S/C17H14Cl2N2OS/c1-3-21-14-5-4-10(2)6-15(14)23-17(21)20-16(22)11-7-12(18)9-13(19)8-11/h4-9H,3H2,1-2H3. The van der Waals surface area contributed by atoms with Crippen LogP contribution in [0.1, 0.15) is 22.8 Å². The summed E-state index contributed by atoms with van der Waals surface area (Å²) in [6.07, 6.45) is 0. The Kier molecular flexibility index (Phi) is 4.57. The lowest BCUT2D eigenvalue weighted by atomic mass is 10.2. The number of thiazole rings is 1. The van der Waals surface area contributed by atoms with E-state index in [1.54, 1.807) is 18.2 Å². The number of nitrogens with zero attached hydrogens (tertiary/aromatic N) is 2. The van der Waals surface area contributed by atoms with E-state index in [-0.39, 0.29) is 5.91 Å². The highest BCUT2D eigenvalue weighted by Gasteiger charge is 2.10. The Morgan fingerprint density at radius 3 is 2.52 bits per heavy atom. The number of benzene rings is 2. The third-order valence-electron chi connectivity index (χ3n) is 3.46. The summed E-state index contributed by atoms with van der Waals surface area (Å²) in [5, 5.41) is 0.845. The number of fused-ring (bicyclic) bond motifs is 1.